The first-order chi connectivity index (χ1) is 8.70. The standard InChI is InChI=1S/C13H12F2N2O/c14-11-4-3-10(6-12(11)15)18-8-9-2-1-5-17-13(9)7-16/h1-6H,7-8,16H2. The monoisotopic (exact) mass is 250 g/mol. The van der Waals surface area contributed by atoms with Crippen molar-refractivity contribution in [2.24, 2.45) is 5.73 Å². The zero-order chi connectivity index (χ0) is 13.0. The van der Waals surface area contributed by atoms with E-state index < -0.39 is 11.6 Å². The van der Waals surface area contributed by atoms with Crippen LogP contribution in [0.1, 0.15) is 11.3 Å². The molecule has 0 radical (unpaired) electrons. The zero-order valence-corrected chi connectivity index (χ0v) is 9.57. The lowest BCUT2D eigenvalue weighted by Crippen LogP contribution is -2.06. The molecule has 0 unspecified atom stereocenters. The smallest absolute Gasteiger partial charge is 0.162 e. The molecule has 94 valence electrons. The van der Waals surface area contributed by atoms with Crippen molar-refractivity contribution in [3.63, 3.8) is 0 Å². The van der Waals surface area contributed by atoms with Crippen LogP contribution in [0.3, 0.4) is 0 Å². The van der Waals surface area contributed by atoms with Crippen LogP contribution in [0.4, 0.5) is 8.78 Å². The van der Waals surface area contributed by atoms with Crippen molar-refractivity contribution in [3.8, 4) is 5.75 Å². The van der Waals surface area contributed by atoms with Crippen LogP contribution in [0.25, 0.3) is 0 Å². The molecule has 0 saturated carbocycles. The van der Waals surface area contributed by atoms with Gasteiger partial charge >= 0.3 is 0 Å². The minimum atomic E-state index is -0.933. The Hall–Kier alpha value is -2.01. The lowest BCUT2D eigenvalue weighted by Gasteiger charge is -2.09. The third kappa shape index (κ3) is 2.81. The van der Waals surface area contributed by atoms with E-state index in [1.54, 1.807) is 12.3 Å². The Morgan fingerprint density at radius 2 is 2.00 bits per heavy atom. The summed E-state index contributed by atoms with van der Waals surface area (Å²) in [5, 5.41) is 0. The van der Waals surface area contributed by atoms with Gasteiger partial charge in [0.15, 0.2) is 11.6 Å². The van der Waals surface area contributed by atoms with Crippen molar-refractivity contribution >= 4 is 0 Å². The summed E-state index contributed by atoms with van der Waals surface area (Å²) in [7, 11) is 0. The van der Waals surface area contributed by atoms with Gasteiger partial charge in [0.05, 0.1) is 5.69 Å². The number of rotatable bonds is 4. The first kappa shape index (κ1) is 12.4. The van der Waals surface area contributed by atoms with Gasteiger partial charge in [-0.25, -0.2) is 8.78 Å². The SMILES string of the molecule is NCc1ncccc1COc1ccc(F)c(F)c1. The Balaban J connectivity index is 2.09. The highest BCUT2D eigenvalue weighted by Crippen LogP contribution is 2.17. The lowest BCUT2D eigenvalue weighted by atomic mass is 10.2. The van der Waals surface area contributed by atoms with E-state index in [0.29, 0.717) is 6.54 Å². The second-order valence-electron chi connectivity index (χ2n) is 3.68. The van der Waals surface area contributed by atoms with Gasteiger partial charge in [0.2, 0.25) is 0 Å². The summed E-state index contributed by atoms with van der Waals surface area (Å²) in [4.78, 5) is 4.10. The number of nitrogens with two attached hydrogens (primary N) is 1. The van der Waals surface area contributed by atoms with E-state index in [9.17, 15) is 8.78 Å². The molecule has 1 aromatic heterocycles. The molecule has 0 saturated heterocycles. The minimum absolute atomic E-state index is 0.214. The van der Waals surface area contributed by atoms with Crippen molar-refractivity contribution in [1.82, 2.24) is 4.98 Å². The predicted molar refractivity (Wildman–Crippen MR) is 62.8 cm³/mol. The molecule has 0 spiro atoms. The van der Waals surface area contributed by atoms with Crippen molar-refractivity contribution in [2.45, 2.75) is 13.2 Å². The summed E-state index contributed by atoms with van der Waals surface area (Å²) in [6, 6.07) is 7.00. The summed E-state index contributed by atoms with van der Waals surface area (Å²) in [6.45, 7) is 0.517. The van der Waals surface area contributed by atoms with E-state index in [2.05, 4.69) is 4.98 Å². The maximum atomic E-state index is 13.0. The fourth-order valence-electron chi connectivity index (χ4n) is 1.51. The van der Waals surface area contributed by atoms with Crippen LogP contribution in [-0.2, 0) is 13.2 Å². The summed E-state index contributed by atoms with van der Waals surface area (Å²) in [6.07, 6.45) is 1.64. The Labute approximate surface area is 103 Å². The molecule has 2 rings (SSSR count). The molecule has 0 amide bonds. The first-order valence-electron chi connectivity index (χ1n) is 5.41. The molecule has 1 aromatic carbocycles. The number of hydrogen-bond acceptors (Lipinski definition) is 3. The molecule has 0 aliphatic rings. The van der Waals surface area contributed by atoms with Crippen LogP contribution < -0.4 is 10.5 Å². The van der Waals surface area contributed by atoms with Gasteiger partial charge in [-0.05, 0) is 18.2 Å². The number of ether oxygens (including phenoxy) is 1. The molecule has 5 heteroatoms. The molecule has 0 bridgehead atoms. The molecular weight excluding hydrogens is 238 g/mol. The van der Waals surface area contributed by atoms with E-state index in [0.717, 1.165) is 23.4 Å². The van der Waals surface area contributed by atoms with Gasteiger partial charge in [-0.1, -0.05) is 6.07 Å². The lowest BCUT2D eigenvalue weighted by molar-refractivity contribution is 0.301. The summed E-state index contributed by atoms with van der Waals surface area (Å²) < 4.78 is 31.1. The highest BCUT2D eigenvalue weighted by atomic mass is 19.2. The number of benzene rings is 1. The van der Waals surface area contributed by atoms with Crippen LogP contribution >= 0.6 is 0 Å². The van der Waals surface area contributed by atoms with Gasteiger partial charge in [-0.2, -0.15) is 0 Å². The van der Waals surface area contributed by atoms with E-state index in [1.165, 1.54) is 6.07 Å². The molecular formula is C13H12F2N2O. The third-order valence-corrected chi connectivity index (χ3v) is 2.46. The number of nitrogens with zero attached hydrogens (tertiary/aromatic N) is 1. The van der Waals surface area contributed by atoms with Crippen molar-refractivity contribution in [3.05, 3.63) is 59.4 Å². The van der Waals surface area contributed by atoms with Gasteiger partial charge in [0.25, 0.3) is 0 Å². The molecule has 18 heavy (non-hydrogen) atoms. The molecule has 0 fully saturated rings. The van der Waals surface area contributed by atoms with Crippen molar-refractivity contribution in [2.75, 3.05) is 0 Å². The first-order valence-corrected chi connectivity index (χ1v) is 5.41. The van der Waals surface area contributed by atoms with Crippen LogP contribution in [0.5, 0.6) is 5.75 Å². The summed E-state index contributed by atoms with van der Waals surface area (Å²) >= 11 is 0. The highest BCUT2D eigenvalue weighted by molar-refractivity contribution is 5.25. The van der Waals surface area contributed by atoms with Crippen molar-refractivity contribution < 1.29 is 13.5 Å². The Bertz CT molecular complexity index is 546. The molecule has 0 aliphatic carbocycles. The van der Waals surface area contributed by atoms with Crippen LogP contribution in [0.15, 0.2) is 36.5 Å². The second-order valence-corrected chi connectivity index (χ2v) is 3.68. The molecule has 1 heterocycles. The number of aromatic nitrogens is 1. The van der Waals surface area contributed by atoms with E-state index in [-0.39, 0.29) is 12.4 Å². The normalized spacial score (nSPS) is 10.4. The maximum Gasteiger partial charge on any atom is 0.162 e. The average Bonchev–Trinajstić information content (AvgIpc) is 2.40. The van der Waals surface area contributed by atoms with Crippen LogP contribution in [0.2, 0.25) is 0 Å². The summed E-state index contributed by atoms with van der Waals surface area (Å²) in [5.41, 5.74) is 7.08. The Morgan fingerprint density at radius 3 is 2.72 bits per heavy atom. The van der Waals surface area contributed by atoms with Crippen molar-refractivity contribution in [1.29, 1.82) is 0 Å². The van der Waals surface area contributed by atoms with Crippen LogP contribution in [-0.4, -0.2) is 4.98 Å². The number of hydrogen-bond donors (Lipinski definition) is 1. The fourth-order valence-corrected chi connectivity index (χ4v) is 1.51. The van der Waals surface area contributed by atoms with Crippen LogP contribution in [0, 0.1) is 11.6 Å². The quantitative estimate of drug-likeness (QED) is 0.906. The van der Waals surface area contributed by atoms with Gasteiger partial charge in [-0.3, -0.25) is 4.98 Å². The predicted octanol–water partition coefficient (Wildman–Crippen LogP) is 2.40. The molecule has 2 aromatic rings. The Kier molecular flexibility index (Phi) is 3.84. The Morgan fingerprint density at radius 1 is 1.17 bits per heavy atom. The molecule has 2 N–H and O–H groups in total. The molecule has 0 aliphatic heterocycles. The number of halogens is 2. The minimum Gasteiger partial charge on any atom is -0.489 e. The molecule has 3 nitrogen and oxygen atoms in total. The van der Waals surface area contributed by atoms with Gasteiger partial charge < -0.3 is 10.5 Å². The maximum absolute atomic E-state index is 13.0. The van der Waals surface area contributed by atoms with Gasteiger partial charge in [0.1, 0.15) is 12.4 Å². The summed E-state index contributed by atoms with van der Waals surface area (Å²) in [5.74, 6) is -1.56. The zero-order valence-electron chi connectivity index (χ0n) is 9.57. The van der Waals surface area contributed by atoms with Gasteiger partial charge in [0, 0.05) is 24.4 Å². The number of pyridine rings is 1. The van der Waals surface area contributed by atoms with Gasteiger partial charge in [-0.15, -0.1) is 0 Å². The third-order valence-electron chi connectivity index (χ3n) is 2.46. The average molecular weight is 250 g/mol. The second kappa shape index (κ2) is 5.55. The van der Waals surface area contributed by atoms with E-state index >= 15 is 0 Å². The highest BCUT2D eigenvalue weighted by Gasteiger charge is 2.05. The van der Waals surface area contributed by atoms with E-state index in [1.807, 2.05) is 6.07 Å². The largest absolute Gasteiger partial charge is 0.489 e. The molecule has 0 atom stereocenters. The fraction of sp³-hybridized carbons (Fsp3) is 0.154. The topological polar surface area (TPSA) is 48.1 Å². The van der Waals surface area contributed by atoms with E-state index in [4.69, 9.17) is 10.5 Å².